The van der Waals surface area contributed by atoms with Gasteiger partial charge < -0.3 is 16.6 Å². The van der Waals surface area contributed by atoms with E-state index in [0.29, 0.717) is 17.3 Å². The summed E-state index contributed by atoms with van der Waals surface area (Å²) in [5, 5.41) is 9.35. The lowest BCUT2D eigenvalue weighted by atomic mass is 9.87. The van der Waals surface area contributed by atoms with Crippen molar-refractivity contribution in [2.75, 3.05) is 4.90 Å². The lowest BCUT2D eigenvalue weighted by Crippen LogP contribution is -2.58. The number of rotatable bonds is 5. The van der Waals surface area contributed by atoms with Crippen molar-refractivity contribution in [2.24, 2.45) is 21.5 Å². The van der Waals surface area contributed by atoms with E-state index in [1.807, 2.05) is 41.3 Å². The normalized spacial score (nSPS) is 18.1. The molecule has 1 saturated carbocycles. The SMILES string of the molecule is NC1=NC2(CCCCC2)N(c2ccc(CSc3ccccc3C(=O)O)cc2)C(N)=N1. The van der Waals surface area contributed by atoms with Gasteiger partial charge in [-0.25, -0.2) is 9.79 Å². The number of carbonyl (C=O) groups is 1. The van der Waals surface area contributed by atoms with E-state index in [0.717, 1.165) is 41.8 Å². The largest absolute Gasteiger partial charge is 0.478 e. The van der Waals surface area contributed by atoms with Gasteiger partial charge in [0.1, 0.15) is 5.66 Å². The maximum Gasteiger partial charge on any atom is 0.336 e. The minimum atomic E-state index is -0.911. The number of thioether (sulfide) groups is 1. The zero-order valence-corrected chi connectivity index (χ0v) is 17.4. The van der Waals surface area contributed by atoms with Gasteiger partial charge in [-0.05, 0) is 55.5 Å². The van der Waals surface area contributed by atoms with Crippen LogP contribution in [0, 0.1) is 0 Å². The standard InChI is InChI=1S/C22H25N5O2S/c23-20-25-21(24)27(22(26-20)12-4-1-5-13-22)16-10-8-15(9-11-16)14-30-18-7-3-2-6-17(18)19(28)29/h2-3,6-11H,1,4-5,12-14H2,(H,28,29)(H4,23,24,25,26). The molecule has 1 heterocycles. The van der Waals surface area contributed by atoms with Crippen LogP contribution in [0.25, 0.3) is 0 Å². The molecule has 0 radical (unpaired) electrons. The molecule has 0 aromatic heterocycles. The van der Waals surface area contributed by atoms with Gasteiger partial charge in [-0.15, -0.1) is 11.8 Å². The minimum absolute atomic E-state index is 0.246. The number of benzene rings is 2. The van der Waals surface area contributed by atoms with Gasteiger partial charge in [-0.1, -0.05) is 30.7 Å². The van der Waals surface area contributed by atoms with E-state index in [-0.39, 0.29) is 5.96 Å². The van der Waals surface area contributed by atoms with Crippen LogP contribution >= 0.6 is 11.8 Å². The van der Waals surface area contributed by atoms with Crippen molar-refractivity contribution in [3.05, 3.63) is 59.7 Å². The Morgan fingerprint density at radius 3 is 2.47 bits per heavy atom. The maximum absolute atomic E-state index is 11.4. The van der Waals surface area contributed by atoms with Crippen molar-refractivity contribution in [1.82, 2.24) is 0 Å². The first kappa shape index (κ1) is 20.3. The van der Waals surface area contributed by atoms with Crippen LogP contribution < -0.4 is 16.4 Å². The molecule has 8 heteroatoms. The monoisotopic (exact) mass is 423 g/mol. The average molecular weight is 424 g/mol. The highest BCUT2D eigenvalue weighted by Crippen LogP contribution is 2.39. The zero-order valence-electron chi connectivity index (χ0n) is 16.6. The summed E-state index contributed by atoms with van der Waals surface area (Å²) in [5.74, 6) is 0.383. The Balaban J connectivity index is 1.53. The molecule has 0 unspecified atom stereocenters. The van der Waals surface area contributed by atoms with E-state index < -0.39 is 11.6 Å². The molecule has 7 nitrogen and oxygen atoms in total. The first-order chi connectivity index (χ1) is 14.5. The summed E-state index contributed by atoms with van der Waals surface area (Å²) in [5.41, 5.74) is 14.1. The third-order valence-electron chi connectivity index (χ3n) is 5.56. The molecule has 1 spiro atoms. The first-order valence-electron chi connectivity index (χ1n) is 10.0. The Labute approximate surface area is 179 Å². The van der Waals surface area contributed by atoms with E-state index in [9.17, 15) is 9.90 Å². The molecule has 2 aromatic carbocycles. The Hall–Kier alpha value is -3.00. The van der Waals surface area contributed by atoms with Crippen LogP contribution in [0.5, 0.6) is 0 Å². The van der Waals surface area contributed by atoms with Crippen LogP contribution in [0.4, 0.5) is 5.69 Å². The lowest BCUT2D eigenvalue weighted by molar-refractivity contribution is 0.0693. The zero-order chi connectivity index (χ0) is 21.1. The summed E-state index contributed by atoms with van der Waals surface area (Å²) < 4.78 is 0. The molecule has 0 amide bonds. The van der Waals surface area contributed by atoms with Gasteiger partial charge in [0, 0.05) is 16.3 Å². The van der Waals surface area contributed by atoms with E-state index >= 15 is 0 Å². The Morgan fingerprint density at radius 1 is 1.07 bits per heavy atom. The van der Waals surface area contributed by atoms with Crippen LogP contribution in [0.2, 0.25) is 0 Å². The third kappa shape index (κ3) is 4.00. The molecule has 5 N–H and O–H groups in total. The summed E-state index contributed by atoms with van der Waals surface area (Å²) >= 11 is 1.51. The molecule has 2 aromatic rings. The number of hydrogen-bond donors (Lipinski definition) is 3. The van der Waals surface area contributed by atoms with Crippen LogP contribution in [0.15, 0.2) is 63.4 Å². The number of carboxylic acids is 1. The number of anilines is 1. The molecule has 0 bridgehead atoms. The van der Waals surface area contributed by atoms with Crippen molar-refractivity contribution >= 4 is 35.3 Å². The fraction of sp³-hybridized carbons (Fsp3) is 0.318. The van der Waals surface area contributed by atoms with Gasteiger partial charge in [0.05, 0.1) is 5.56 Å². The maximum atomic E-state index is 11.4. The number of aromatic carboxylic acids is 1. The highest BCUT2D eigenvalue weighted by molar-refractivity contribution is 7.98. The Bertz CT molecular complexity index is 997. The fourth-order valence-electron chi connectivity index (χ4n) is 4.17. The third-order valence-corrected chi connectivity index (χ3v) is 6.70. The number of nitrogens with two attached hydrogens (primary N) is 2. The lowest BCUT2D eigenvalue weighted by Gasteiger charge is -2.45. The molecule has 0 atom stereocenters. The Morgan fingerprint density at radius 2 is 1.77 bits per heavy atom. The van der Waals surface area contributed by atoms with Crippen molar-refractivity contribution in [1.29, 1.82) is 0 Å². The Kier molecular flexibility index (Phi) is 5.67. The predicted molar refractivity (Wildman–Crippen MR) is 121 cm³/mol. The quantitative estimate of drug-likeness (QED) is 0.630. The van der Waals surface area contributed by atoms with Gasteiger partial charge in [0.25, 0.3) is 0 Å². The molecule has 1 fully saturated rings. The van der Waals surface area contributed by atoms with Crippen LogP contribution in [0.3, 0.4) is 0 Å². The number of aliphatic imine (C=N–C) groups is 2. The summed E-state index contributed by atoms with van der Waals surface area (Å²) in [4.78, 5) is 23.1. The molecular weight excluding hydrogens is 398 g/mol. The van der Waals surface area contributed by atoms with E-state index in [2.05, 4.69) is 4.99 Å². The van der Waals surface area contributed by atoms with Crippen LogP contribution in [-0.2, 0) is 5.75 Å². The molecule has 4 rings (SSSR count). The van der Waals surface area contributed by atoms with Gasteiger partial charge in [0.2, 0.25) is 11.9 Å². The van der Waals surface area contributed by atoms with E-state index in [4.69, 9.17) is 16.5 Å². The number of hydrogen-bond acceptors (Lipinski definition) is 7. The van der Waals surface area contributed by atoms with Gasteiger partial charge in [-0.3, -0.25) is 4.90 Å². The second-order valence-electron chi connectivity index (χ2n) is 7.57. The first-order valence-corrected chi connectivity index (χ1v) is 11.0. The minimum Gasteiger partial charge on any atom is -0.478 e. The molecule has 2 aliphatic rings. The van der Waals surface area contributed by atoms with Crippen LogP contribution in [-0.4, -0.2) is 28.7 Å². The van der Waals surface area contributed by atoms with E-state index in [1.165, 1.54) is 18.2 Å². The summed E-state index contributed by atoms with van der Waals surface area (Å²) in [6, 6.07) is 15.2. The van der Waals surface area contributed by atoms with Crippen molar-refractivity contribution in [3.63, 3.8) is 0 Å². The fourth-order valence-corrected chi connectivity index (χ4v) is 5.17. The van der Waals surface area contributed by atoms with Gasteiger partial charge >= 0.3 is 5.97 Å². The summed E-state index contributed by atoms with van der Waals surface area (Å²) in [6.07, 6.45) is 5.15. The van der Waals surface area contributed by atoms with Crippen molar-refractivity contribution in [2.45, 2.75) is 48.4 Å². The average Bonchev–Trinajstić information content (AvgIpc) is 2.73. The molecule has 156 valence electrons. The second kappa shape index (κ2) is 8.39. The van der Waals surface area contributed by atoms with Crippen molar-refractivity contribution in [3.8, 4) is 0 Å². The van der Waals surface area contributed by atoms with Gasteiger partial charge in [0.15, 0.2) is 0 Å². The summed E-state index contributed by atoms with van der Waals surface area (Å²) in [6.45, 7) is 0. The highest BCUT2D eigenvalue weighted by atomic mass is 32.2. The smallest absolute Gasteiger partial charge is 0.336 e. The molecule has 0 saturated heterocycles. The number of carboxylic acid groups (broad SMARTS) is 1. The summed E-state index contributed by atoms with van der Waals surface area (Å²) in [7, 11) is 0. The van der Waals surface area contributed by atoms with Gasteiger partial charge in [-0.2, -0.15) is 4.99 Å². The highest BCUT2D eigenvalue weighted by Gasteiger charge is 2.42. The predicted octanol–water partition coefficient (Wildman–Crippen LogP) is 3.79. The molecular formula is C22H25N5O2S. The molecule has 30 heavy (non-hydrogen) atoms. The van der Waals surface area contributed by atoms with Crippen LogP contribution in [0.1, 0.15) is 48.0 Å². The van der Waals surface area contributed by atoms with E-state index in [1.54, 1.807) is 12.1 Å². The molecule has 1 aliphatic heterocycles. The molecule has 1 aliphatic carbocycles. The van der Waals surface area contributed by atoms with Crippen molar-refractivity contribution < 1.29 is 9.90 Å². The number of nitrogens with zero attached hydrogens (tertiary/aromatic N) is 3. The second-order valence-corrected chi connectivity index (χ2v) is 8.59. The topological polar surface area (TPSA) is 117 Å². The number of guanidine groups is 2.